The van der Waals surface area contributed by atoms with Crippen molar-refractivity contribution in [1.29, 1.82) is 5.26 Å². The van der Waals surface area contributed by atoms with E-state index >= 15 is 0 Å². The van der Waals surface area contributed by atoms with Crippen molar-refractivity contribution in [2.75, 3.05) is 26.2 Å². The highest BCUT2D eigenvalue weighted by Crippen LogP contribution is 2.42. The van der Waals surface area contributed by atoms with E-state index in [1.807, 2.05) is 16.7 Å². The lowest BCUT2D eigenvalue weighted by Crippen LogP contribution is -2.46. The van der Waals surface area contributed by atoms with Gasteiger partial charge in [-0.3, -0.25) is 4.90 Å². The van der Waals surface area contributed by atoms with Crippen LogP contribution in [-0.2, 0) is 6.42 Å². The van der Waals surface area contributed by atoms with Crippen LogP contribution in [-0.4, -0.2) is 36.0 Å². The van der Waals surface area contributed by atoms with Crippen LogP contribution in [0.25, 0.3) is 0 Å². The third-order valence-electron chi connectivity index (χ3n) is 4.78. The average molecular weight is 321 g/mol. The fourth-order valence-corrected chi connectivity index (χ4v) is 4.65. The molecule has 2 aliphatic rings. The van der Waals surface area contributed by atoms with Crippen molar-refractivity contribution >= 4 is 11.8 Å². The zero-order valence-corrected chi connectivity index (χ0v) is 13.8. The number of nitrogens with zero attached hydrogens (tertiary/aromatic N) is 3. The molecule has 0 N–H and O–H groups in total. The normalized spacial score (nSPS) is 21.0. The molecular weight excluding hydrogens is 302 g/mol. The maximum Gasteiger partial charge on any atom is 0.179 e. The first-order valence-corrected chi connectivity index (χ1v) is 8.90. The molecule has 3 nitrogen and oxygen atoms in total. The minimum absolute atomic E-state index is 0.406. The molecule has 1 fully saturated rings. The molecule has 2 aliphatic heterocycles. The van der Waals surface area contributed by atoms with E-state index in [0.29, 0.717) is 6.04 Å². The molecule has 0 aromatic heterocycles. The number of nitriles is 1. The fraction of sp³-hybridized carbons (Fsp3) is 0.316. The van der Waals surface area contributed by atoms with Crippen LogP contribution in [0.15, 0.2) is 58.3 Å². The van der Waals surface area contributed by atoms with Crippen LogP contribution in [0.5, 0.6) is 0 Å². The fourth-order valence-electron chi connectivity index (χ4n) is 3.52. The summed E-state index contributed by atoms with van der Waals surface area (Å²) >= 11 is 1.89. The molecule has 0 bridgehead atoms. The number of fused-ring (bicyclic) bond motifs is 2. The van der Waals surface area contributed by atoms with Gasteiger partial charge in [0.1, 0.15) is 0 Å². The van der Waals surface area contributed by atoms with E-state index in [0.717, 1.165) is 32.6 Å². The van der Waals surface area contributed by atoms with Gasteiger partial charge < -0.3 is 4.90 Å². The van der Waals surface area contributed by atoms with Crippen molar-refractivity contribution in [3.8, 4) is 6.19 Å². The molecule has 4 heteroatoms. The number of benzene rings is 2. The van der Waals surface area contributed by atoms with Crippen molar-refractivity contribution in [3.63, 3.8) is 0 Å². The molecular formula is C19H19N3S. The molecule has 4 rings (SSSR count). The minimum Gasteiger partial charge on any atom is -0.308 e. The van der Waals surface area contributed by atoms with Gasteiger partial charge in [0.25, 0.3) is 0 Å². The van der Waals surface area contributed by atoms with Crippen molar-refractivity contribution in [2.45, 2.75) is 22.3 Å². The second-order valence-corrected chi connectivity index (χ2v) is 7.17. The standard InChI is InChI=1S/C19H19N3S/c20-14-21-9-11-22(12-10-21)17-13-15-5-1-3-7-18(15)23-19-8-4-2-6-16(17)19/h1-8,17H,9-13H2/t17-/m0/s1. The Morgan fingerprint density at radius 3 is 2.39 bits per heavy atom. The summed E-state index contributed by atoms with van der Waals surface area (Å²) in [4.78, 5) is 7.15. The van der Waals surface area contributed by atoms with Gasteiger partial charge in [-0.25, -0.2) is 0 Å². The molecule has 0 unspecified atom stereocenters. The van der Waals surface area contributed by atoms with E-state index < -0.39 is 0 Å². The number of piperazine rings is 1. The van der Waals surface area contributed by atoms with Crippen molar-refractivity contribution in [1.82, 2.24) is 9.80 Å². The highest BCUT2D eigenvalue weighted by Gasteiger charge is 2.29. The van der Waals surface area contributed by atoms with Gasteiger partial charge in [-0.15, -0.1) is 0 Å². The van der Waals surface area contributed by atoms with Crippen LogP contribution in [0.1, 0.15) is 17.2 Å². The first-order chi connectivity index (χ1) is 11.3. The van der Waals surface area contributed by atoms with E-state index in [1.54, 1.807) is 0 Å². The minimum atomic E-state index is 0.406. The van der Waals surface area contributed by atoms with E-state index in [4.69, 9.17) is 5.26 Å². The van der Waals surface area contributed by atoms with Gasteiger partial charge >= 0.3 is 0 Å². The Labute approximate surface area is 141 Å². The Morgan fingerprint density at radius 1 is 0.913 bits per heavy atom. The Hall–Kier alpha value is -1.96. The third kappa shape index (κ3) is 2.83. The number of rotatable bonds is 1. The molecule has 2 aromatic rings. The average Bonchev–Trinajstić information content (AvgIpc) is 2.78. The lowest BCUT2D eigenvalue weighted by atomic mass is 9.97. The second kappa shape index (κ2) is 6.27. The Morgan fingerprint density at radius 2 is 1.61 bits per heavy atom. The summed E-state index contributed by atoms with van der Waals surface area (Å²) in [6.07, 6.45) is 3.33. The number of hydrogen-bond donors (Lipinski definition) is 0. The topological polar surface area (TPSA) is 30.3 Å². The van der Waals surface area contributed by atoms with Gasteiger partial charge in [-0.1, -0.05) is 48.2 Å². The predicted molar refractivity (Wildman–Crippen MR) is 92.2 cm³/mol. The van der Waals surface area contributed by atoms with Crippen LogP contribution >= 0.6 is 11.8 Å². The van der Waals surface area contributed by atoms with Gasteiger partial charge in [-0.05, 0) is 29.7 Å². The van der Waals surface area contributed by atoms with Crippen LogP contribution in [0, 0.1) is 11.5 Å². The van der Waals surface area contributed by atoms with Crippen LogP contribution in [0.2, 0.25) is 0 Å². The van der Waals surface area contributed by atoms with Gasteiger partial charge in [0.15, 0.2) is 6.19 Å². The largest absolute Gasteiger partial charge is 0.308 e. The molecule has 2 heterocycles. The second-order valence-electron chi connectivity index (χ2n) is 6.09. The van der Waals surface area contributed by atoms with Crippen LogP contribution in [0.3, 0.4) is 0 Å². The highest BCUT2D eigenvalue weighted by molar-refractivity contribution is 7.99. The highest BCUT2D eigenvalue weighted by atomic mass is 32.2. The quantitative estimate of drug-likeness (QED) is 0.752. The summed E-state index contributed by atoms with van der Waals surface area (Å²) in [5.74, 6) is 0. The molecule has 2 aromatic carbocycles. The van der Waals surface area contributed by atoms with Crippen molar-refractivity contribution in [3.05, 3.63) is 59.7 Å². The summed E-state index contributed by atoms with van der Waals surface area (Å²) in [6.45, 7) is 3.59. The van der Waals surface area contributed by atoms with Crippen LogP contribution in [0.4, 0.5) is 0 Å². The Bertz CT molecular complexity index is 744. The SMILES string of the molecule is N#CN1CCN([C@H]2Cc3ccccc3Sc3ccccc32)CC1. The Kier molecular flexibility index (Phi) is 3.99. The van der Waals surface area contributed by atoms with E-state index in [2.05, 4.69) is 59.6 Å². The van der Waals surface area contributed by atoms with Gasteiger partial charge in [0, 0.05) is 42.0 Å². The summed E-state index contributed by atoms with van der Waals surface area (Å²) in [6, 6.07) is 17.9. The van der Waals surface area contributed by atoms with Gasteiger partial charge in [0.05, 0.1) is 0 Å². The molecule has 0 amide bonds. The van der Waals surface area contributed by atoms with E-state index in [1.165, 1.54) is 20.9 Å². The zero-order chi connectivity index (χ0) is 15.6. The van der Waals surface area contributed by atoms with Crippen LogP contribution < -0.4 is 0 Å². The predicted octanol–water partition coefficient (Wildman–Crippen LogP) is 3.53. The Balaban J connectivity index is 1.70. The molecule has 0 saturated carbocycles. The molecule has 1 atom stereocenters. The molecule has 0 aliphatic carbocycles. The monoisotopic (exact) mass is 321 g/mol. The van der Waals surface area contributed by atoms with Gasteiger partial charge in [-0.2, -0.15) is 5.26 Å². The third-order valence-corrected chi connectivity index (χ3v) is 5.99. The summed E-state index contributed by atoms with van der Waals surface area (Å²) in [5.41, 5.74) is 2.86. The van der Waals surface area contributed by atoms with Gasteiger partial charge in [0.2, 0.25) is 0 Å². The summed E-state index contributed by atoms with van der Waals surface area (Å²) in [7, 11) is 0. The van der Waals surface area contributed by atoms with Crippen molar-refractivity contribution < 1.29 is 0 Å². The maximum atomic E-state index is 9.07. The number of hydrogen-bond acceptors (Lipinski definition) is 4. The summed E-state index contributed by atoms with van der Waals surface area (Å²) in [5, 5.41) is 9.07. The molecule has 1 saturated heterocycles. The van der Waals surface area contributed by atoms with Crippen molar-refractivity contribution in [2.24, 2.45) is 0 Å². The first-order valence-electron chi connectivity index (χ1n) is 8.08. The maximum absolute atomic E-state index is 9.07. The smallest absolute Gasteiger partial charge is 0.179 e. The molecule has 0 radical (unpaired) electrons. The molecule has 116 valence electrons. The molecule has 0 spiro atoms. The lowest BCUT2D eigenvalue weighted by Gasteiger charge is -2.37. The zero-order valence-electron chi connectivity index (χ0n) is 13.0. The lowest BCUT2D eigenvalue weighted by molar-refractivity contribution is 0.124. The van der Waals surface area contributed by atoms with E-state index in [-0.39, 0.29) is 0 Å². The molecule has 23 heavy (non-hydrogen) atoms. The first kappa shape index (κ1) is 14.6. The van der Waals surface area contributed by atoms with E-state index in [9.17, 15) is 0 Å². The summed E-state index contributed by atoms with van der Waals surface area (Å²) < 4.78 is 0.